The summed E-state index contributed by atoms with van der Waals surface area (Å²) >= 11 is 1.83. The Morgan fingerprint density at radius 3 is 2.04 bits per heavy atom. The van der Waals surface area contributed by atoms with Gasteiger partial charge >= 0.3 is 0 Å². The number of oxazole rings is 1. The van der Waals surface area contributed by atoms with Gasteiger partial charge in [-0.3, -0.25) is 0 Å². The summed E-state index contributed by atoms with van der Waals surface area (Å²) in [7, 11) is 0. The quantitative estimate of drug-likeness (QED) is 0.181. The van der Waals surface area contributed by atoms with Crippen molar-refractivity contribution in [2.75, 3.05) is 4.90 Å². The van der Waals surface area contributed by atoms with Crippen molar-refractivity contribution in [2.24, 2.45) is 0 Å². The van der Waals surface area contributed by atoms with Gasteiger partial charge in [-0.25, -0.2) is 4.98 Å². The molecule has 11 aromatic rings. The third kappa shape index (κ3) is 4.57. The van der Waals surface area contributed by atoms with Crippen LogP contribution in [0.15, 0.2) is 179 Å². The number of hydrogen-bond donors (Lipinski definition) is 0. The van der Waals surface area contributed by atoms with Crippen LogP contribution in [0.1, 0.15) is 0 Å². The van der Waals surface area contributed by atoms with E-state index in [-0.39, 0.29) is 0 Å². The van der Waals surface area contributed by atoms with Gasteiger partial charge in [-0.1, -0.05) is 97.1 Å². The molecule has 0 saturated carbocycles. The molecule has 0 unspecified atom stereocenters. The van der Waals surface area contributed by atoms with Gasteiger partial charge in [0.05, 0.1) is 0 Å². The van der Waals surface area contributed by atoms with E-state index in [1.54, 1.807) is 0 Å². The van der Waals surface area contributed by atoms with Crippen LogP contribution in [-0.4, -0.2) is 4.98 Å². The van der Waals surface area contributed by atoms with E-state index in [1.807, 2.05) is 47.7 Å². The molecule has 4 nitrogen and oxygen atoms in total. The van der Waals surface area contributed by atoms with Crippen molar-refractivity contribution < 1.29 is 8.83 Å². The first-order valence-corrected chi connectivity index (χ1v) is 18.2. The molecule has 52 heavy (non-hydrogen) atoms. The standard InChI is InChI=1S/C47H28N2O2S/c1-2-10-29(11-3-1)34-14-8-12-30-26-31(20-23-35(30)34)49(33-21-24-37-36-13-4-7-19-44(36)52-45(37)28-33)32-22-25-38-43(27-32)50-42-18-9-15-39(46(38)42)47-48-40-16-5-6-17-41(40)51-47/h1-28H. The number of para-hydroxylation sites is 2. The predicted molar refractivity (Wildman–Crippen MR) is 217 cm³/mol. The van der Waals surface area contributed by atoms with Gasteiger partial charge in [-0.05, 0) is 88.6 Å². The molecule has 0 amide bonds. The molecule has 0 aliphatic rings. The second kappa shape index (κ2) is 11.4. The Hall–Kier alpha value is -6.69. The van der Waals surface area contributed by atoms with E-state index in [0.29, 0.717) is 5.89 Å². The van der Waals surface area contributed by atoms with Gasteiger partial charge in [0.2, 0.25) is 5.89 Å². The van der Waals surface area contributed by atoms with E-state index < -0.39 is 0 Å². The zero-order valence-electron chi connectivity index (χ0n) is 27.8. The monoisotopic (exact) mass is 684 g/mol. The first kappa shape index (κ1) is 29.1. The lowest BCUT2D eigenvalue weighted by molar-refractivity contribution is 0.620. The number of aromatic nitrogens is 1. The summed E-state index contributed by atoms with van der Waals surface area (Å²) < 4.78 is 15.4. The Bertz CT molecular complexity index is 3120. The Kier molecular flexibility index (Phi) is 6.39. The molecule has 0 saturated heterocycles. The highest BCUT2D eigenvalue weighted by atomic mass is 32.1. The molecule has 0 bridgehead atoms. The predicted octanol–water partition coefficient (Wildman–Crippen LogP) is 14.1. The maximum atomic E-state index is 6.60. The van der Waals surface area contributed by atoms with E-state index in [4.69, 9.17) is 13.8 Å². The molecule has 0 spiro atoms. The first-order chi connectivity index (χ1) is 25.7. The molecular weight excluding hydrogens is 657 g/mol. The van der Waals surface area contributed by atoms with Crippen LogP contribution in [0.5, 0.6) is 0 Å². The van der Waals surface area contributed by atoms with Crippen molar-refractivity contribution in [1.82, 2.24) is 4.98 Å². The smallest absolute Gasteiger partial charge is 0.228 e. The zero-order chi connectivity index (χ0) is 34.2. The molecule has 0 aliphatic heterocycles. The second-order valence-corrected chi connectivity index (χ2v) is 14.2. The van der Waals surface area contributed by atoms with E-state index >= 15 is 0 Å². The zero-order valence-corrected chi connectivity index (χ0v) is 28.6. The minimum Gasteiger partial charge on any atom is -0.456 e. The lowest BCUT2D eigenvalue weighted by atomic mass is 9.97. The van der Waals surface area contributed by atoms with Crippen molar-refractivity contribution in [2.45, 2.75) is 0 Å². The third-order valence-electron chi connectivity index (χ3n) is 10.1. The highest BCUT2D eigenvalue weighted by molar-refractivity contribution is 7.25. The average Bonchev–Trinajstić information content (AvgIpc) is 3.91. The first-order valence-electron chi connectivity index (χ1n) is 17.4. The maximum absolute atomic E-state index is 6.60. The van der Waals surface area contributed by atoms with Crippen molar-refractivity contribution in [1.29, 1.82) is 0 Å². The number of nitrogens with zero attached hydrogens (tertiary/aromatic N) is 2. The normalized spacial score (nSPS) is 11.8. The van der Waals surface area contributed by atoms with Gasteiger partial charge in [-0.15, -0.1) is 11.3 Å². The summed E-state index contributed by atoms with van der Waals surface area (Å²) in [6, 6.07) is 59.9. The van der Waals surface area contributed by atoms with Gasteiger partial charge in [0, 0.05) is 59.6 Å². The molecule has 3 aromatic heterocycles. The average molecular weight is 685 g/mol. The molecule has 3 heterocycles. The van der Waals surface area contributed by atoms with Crippen molar-refractivity contribution >= 4 is 92.4 Å². The molecule has 0 N–H and O–H groups in total. The fraction of sp³-hybridized carbons (Fsp3) is 0. The van der Waals surface area contributed by atoms with Gasteiger partial charge in [0.1, 0.15) is 16.7 Å². The van der Waals surface area contributed by atoms with Crippen LogP contribution in [-0.2, 0) is 0 Å². The number of rotatable bonds is 5. The minimum absolute atomic E-state index is 0.586. The molecule has 0 radical (unpaired) electrons. The number of thiophene rings is 1. The third-order valence-corrected chi connectivity index (χ3v) is 11.2. The molecule has 0 aliphatic carbocycles. The fourth-order valence-electron chi connectivity index (χ4n) is 7.70. The Morgan fingerprint density at radius 1 is 0.442 bits per heavy atom. The molecule has 5 heteroatoms. The van der Waals surface area contributed by atoms with Gasteiger partial charge in [0.15, 0.2) is 5.58 Å². The highest BCUT2D eigenvalue weighted by Gasteiger charge is 2.20. The van der Waals surface area contributed by atoms with Crippen LogP contribution in [0.2, 0.25) is 0 Å². The van der Waals surface area contributed by atoms with Crippen LogP contribution in [0.4, 0.5) is 17.1 Å². The number of anilines is 3. The molecule has 0 atom stereocenters. The van der Waals surface area contributed by atoms with Gasteiger partial charge in [-0.2, -0.15) is 0 Å². The Balaban J connectivity index is 1.10. The highest BCUT2D eigenvalue weighted by Crippen LogP contribution is 2.44. The summed E-state index contributed by atoms with van der Waals surface area (Å²) in [6.07, 6.45) is 0. The van der Waals surface area contributed by atoms with E-state index in [0.717, 1.165) is 55.7 Å². The lowest BCUT2D eigenvalue weighted by Gasteiger charge is -2.26. The number of hydrogen-bond acceptors (Lipinski definition) is 5. The molecule has 244 valence electrons. The summed E-state index contributed by atoms with van der Waals surface area (Å²) in [4.78, 5) is 7.16. The van der Waals surface area contributed by atoms with Gasteiger partial charge < -0.3 is 13.7 Å². The van der Waals surface area contributed by atoms with E-state index in [1.165, 1.54) is 42.1 Å². The number of fused-ring (bicyclic) bond motifs is 8. The SMILES string of the molecule is c1ccc(-c2cccc3cc(N(c4ccc5c(c4)oc4cccc(-c6nc7ccccc7o6)c45)c4ccc5c(c4)sc4ccccc45)ccc23)cc1. The summed E-state index contributed by atoms with van der Waals surface area (Å²) in [6.45, 7) is 0. The van der Waals surface area contributed by atoms with Crippen molar-refractivity contribution in [3.05, 3.63) is 170 Å². The van der Waals surface area contributed by atoms with Crippen LogP contribution in [0, 0.1) is 0 Å². The molecule has 0 fully saturated rings. The largest absolute Gasteiger partial charge is 0.456 e. The van der Waals surface area contributed by atoms with Crippen LogP contribution < -0.4 is 4.90 Å². The summed E-state index contributed by atoms with van der Waals surface area (Å²) in [5.74, 6) is 0.586. The minimum atomic E-state index is 0.586. The lowest BCUT2D eigenvalue weighted by Crippen LogP contribution is -2.09. The van der Waals surface area contributed by atoms with E-state index in [2.05, 4.69) is 138 Å². The number of benzene rings is 8. The number of furan rings is 1. The van der Waals surface area contributed by atoms with E-state index in [9.17, 15) is 0 Å². The summed E-state index contributed by atoms with van der Waals surface area (Å²) in [5.41, 5.74) is 9.71. The van der Waals surface area contributed by atoms with Crippen LogP contribution in [0.25, 0.3) is 86.6 Å². The van der Waals surface area contributed by atoms with Gasteiger partial charge in [0.25, 0.3) is 0 Å². The molecular formula is C47H28N2O2S. The maximum Gasteiger partial charge on any atom is 0.228 e. The summed E-state index contributed by atoms with van der Waals surface area (Å²) in [5, 5.41) is 6.97. The Morgan fingerprint density at radius 2 is 1.13 bits per heavy atom. The van der Waals surface area contributed by atoms with Crippen molar-refractivity contribution in [3.63, 3.8) is 0 Å². The van der Waals surface area contributed by atoms with Crippen molar-refractivity contribution in [3.8, 4) is 22.6 Å². The van der Waals surface area contributed by atoms with Crippen LogP contribution >= 0.6 is 11.3 Å². The van der Waals surface area contributed by atoms with Crippen LogP contribution in [0.3, 0.4) is 0 Å². The molecule has 11 rings (SSSR count). The Labute approximate surface area is 302 Å². The molecule has 8 aromatic carbocycles. The second-order valence-electron chi connectivity index (χ2n) is 13.1. The fourth-order valence-corrected chi connectivity index (χ4v) is 8.84. The topological polar surface area (TPSA) is 42.4 Å².